The van der Waals surface area contributed by atoms with E-state index in [1.54, 1.807) is 12.4 Å². The second kappa shape index (κ2) is 4.28. The van der Waals surface area contributed by atoms with E-state index in [1.807, 2.05) is 0 Å². The van der Waals surface area contributed by atoms with E-state index in [4.69, 9.17) is 0 Å². The number of H-pyrrole nitrogens is 3. The molecule has 0 spiro atoms. The van der Waals surface area contributed by atoms with Crippen LogP contribution in [0.25, 0.3) is 0 Å². The summed E-state index contributed by atoms with van der Waals surface area (Å²) in [6.45, 7) is 0. The number of tetrazole rings is 1. The summed E-state index contributed by atoms with van der Waals surface area (Å²) in [4.78, 5) is 0. The summed E-state index contributed by atoms with van der Waals surface area (Å²) < 4.78 is 0.384. The lowest BCUT2D eigenvalue weighted by Crippen LogP contribution is -1.64. The molecule has 11 heavy (non-hydrogen) atoms. The van der Waals surface area contributed by atoms with Gasteiger partial charge in [-0.1, -0.05) is 10.3 Å². The first-order valence-corrected chi connectivity index (χ1v) is 3.06. The van der Waals surface area contributed by atoms with Gasteiger partial charge in [-0.15, -0.1) is 0 Å². The molecule has 3 N–H and O–H groups in total. The summed E-state index contributed by atoms with van der Waals surface area (Å²) in [5.41, 5.74) is 0. The molecule has 0 atom stereocenters. The average molecular weight is 171 g/mol. The van der Waals surface area contributed by atoms with E-state index in [0.717, 1.165) is 0 Å². The van der Waals surface area contributed by atoms with Gasteiger partial charge in [0, 0.05) is 0 Å². The predicted molar refractivity (Wildman–Crippen MR) is 38.0 cm³/mol. The van der Waals surface area contributed by atoms with Crippen LogP contribution in [0.3, 0.4) is 0 Å². The van der Waals surface area contributed by atoms with Crippen molar-refractivity contribution in [3.8, 4) is 0 Å². The van der Waals surface area contributed by atoms with Gasteiger partial charge >= 0.3 is 0 Å². The molecule has 0 saturated carbocycles. The molecule has 0 aliphatic heterocycles. The van der Waals surface area contributed by atoms with Gasteiger partial charge in [0.25, 0.3) is 0 Å². The molecule has 2 heterocycles. The Hall–Kier alpha value is -1.57. The Kier molecular flexibility index (Phi) is 2.93. The van der Waals surface area contributed by atoms with Crippen LogP contribution in [0.15, 0.2) is 12.4 Å². The second-order valence-corrected chi connectivity index (χ2v) is 1.78. The highest BCUT2D eigenvalue weighted by Crippen LogP contribution is 1.61. The largest absolute Gasteiger partial charge is 0.256 e. The van der Waals surface area contributed by atoms with Gasteiger partial charge in [0.2, 0.25) is 4.77 Å². The Labute approximate surface area is 66.2 Å². The van der Waals surface area contributed by atoms with Crippen LogP contribution in [0.1, 0.15) is 0 Å². The molecule has 0 aliphatic rings. The number of hydrogen-bond acceptors (Lipinski definition) is 5. The highest BCUT2D eigenvalue weighted by atomic mass is 32.1. The molecule has 7 nitrogen and oxygen atoms in total. The molecule has 58 valence electrons. The van der Waals surface area contributed by atoms with Crippen molar-refractivity contribution in [3.05, 3.63) is 17.2 Å². The fourth-order valence-electron chi connectivity index (χ4n) is 0.335. The van der Waals surface area contributed by atoms with Gasteiger partial charge in [0.05, 0.1) is 12.4 Å². The minimum absolute atomic E-state index is 0.384. The molecule has 8 heteroatoms. The normalized spacial score (nSPS) is 8.36. The first-order chi connectivity index (χ1) is 5.39. The smallest absolute Gasteiger partial charge is 0.235 e. The Bertz CT molecular complexity index is 272. The fourth-order valence-corrected chi connectivity index (χ4v) is 0.421. The lowest BCUT2D eigenvalue weighted by Gasteiger charge is -1.51. The van der Waals surface area contributed by atoms with Crippen molar-refractivity contribution in [1.82, 2.24) is 36.0 Å². The van der Waals surface area contributed by atoms with Crippen LogP contribution in [-0.2, 0) is 0 Å². The number of nitrogens with zero attached hydrogens (tertiary/aromatic N) is 4. The average Bonchev–Trinajstić information content (AvgIpc) is 2.57. The van der Waals surface area contributed by atoms with E-state index in [-0.39, 0.29) is 0 Å². The molecular weight excluding hydrogens is 166 g/mol. The predicted octanol–water partition coefficient (Wildman–Crippen LogP) is -0.333. The summed E-state index contributed by atoms with van der Waals surface area (Å²) in [6, 6.07) is 0. The Morgan fingerprint density at radius 2 is 2.00 bits per heavy atom. The zero-order chi connectivity index (χ0) is 7.94. The topological polar surface area (TPSA) is 98.9 Å². The molecule has 2 aromatic heterocycles. The van der Waals surface area contributed by atoms with Crippen LogP contribution in [-0.4, -0.2) is 36.0 Å². The summed E-state index contributed by atoms with van der Waals surface area (Å²) in [7, 11) is 0. The van der Waals surface area contributed by atoms with E-state index < -0.39 is 0 Å². The Morgan fingerprint density at radius 3 is 2.18 bits per heavy atom. The first kappa shape index (κ1) is 7.54. The van der Waals surface area contributed by atoms with E-state index in [9.17, 15) is 0 Å². The summed E-state index contributed by atoms with van der Waals surface area (Å²) in [5.74, 6) is 0. The monoisotopic (exact) mass is 171 g/mol. The van der Waals surface area contributed by atoms with Crippen LogP contribution in [0, 0.1) is 4.77 Å². The van der Waals surface area contributed by atoms with Crippen molar-refractivity contribution in [2.45, 2.75) is 0 Å². The van der Waals surface area contributed by atoms with Crippen molar-refractivity contribution in [2.24, 2.45) is 0 Å². The first-order valence-electron chi connectivity index (χ1n) is 2.65. The molecule has 0 radical (unpaired) electrons. The minimum atomic E-state index is 0.384. The minimum Gasteiger partial charge on any atom is -0.256 e. The van der Waals surface area contributed by atoms with E-state index in [1.165, 1.54) is 0 Å². The molecule has 2 rings (SSSR count). The zero-order valence-corrected chi connectivity index (χ0v) is 6.17. The third kappa shape index (κ3) is 3.20. The highest BCUT2D eigenvalue weighted by Gasteiger charge is 1.68. The number of aromatic nitrogens is 7. The number of rotatable bonds is 0. The van der Waals surface area contributed by atoms with Gasteiger partial charge in [0.1, 0.15) is 0 Å². The third-order valence-corrected chi connectivity index (χ3v) is 0.869. The molecule has 0 amide bonds. The highest BCUT2D eigenvalue weighted by molar-refractivity contribution is 7.71. The van der Waals surface area contributed by atoms with Gasteiger partial charge in [-0.2, -0.15) is 20.6 Å². The lowest BCUT2D eigenvalue weighted by atomic mass is 11.0. The van der Waals surface area contributed by atoms with Crippen LogP contribution in [0.2, 0.25) is 0 Å². The van der Waals surface area contributed by atoms with E-state index >= 15 is 0 Å². The maximum atomic E-state index is 4.48. The molecule has 0 unspecified atom stereocenters. The van der Waals surface area contributed by atoms with Crippen molar-refractivity contribution in [1.29, 1.82) is 0 Å². The van der Waals surface area contributed by atoms with Crippen LogP contribution >= 0.6 is 12.2 Å². The van der Waals surface area contributed by atoms with Gasteiger partial charge in [-0.3, -0.25) is 5.10 Å². The van der Waals surface area contributed by atoms with Crippen molar-refractivity contribution < 1.29 is 0 Å². The SMILES string of the molecule is S=c1nn[nH][nH]1.c1cn[nH]n1. The molecular formula is C3H5N7S. The second-order valence-electron chi connectivity index (χ2n) is 1.40. The molecule has 2 aromatic rings. The molecule has 0 aromatic carbocycles. The Morgan fingerprint density at radius 1 is 1.27 bits per heavy atom. The quantitative estimate of drug-likeness (QED) is 0.471. The van der Waals surface area contributed by atoms with Crippen LogP contribution in [0.5, 0.6) is 0 Å². The van der Waals surface area contributed by atoms with Crippen molar-refractivity contribution >= 4 is 12.2 Å². The summed E-state index contributed by atoms with van der Waals surface area (Å²) in [5, 5.41) is 20.8. The van der Waals surface area contributed by atoms with E-state index in [2.05, 4.69) is 48.3 Å². The van der Waals surface area contributed by atoms with Gasteiger partial charge in [-0.25, -0.2) is 0 Å². The third-order valence-electron chi connectivity index (χ3n) is 0.685. The van der Waals surface area contributed by atoms with Crippen LogP contribution in [0.4, 0.5) is 0 Å². The van der Waals surface area contributed by atoms with Crippen molar-refractivity contribution in [3.63, 3.8) is 0 Å². The standard InChI is InChI=1S/C2H3N3.CH2N4S/c1-2-4-5-3-1;6-1-2-4-5-3-1/h1-2H,(H,3,4,5);(H2,2,3,4,5,6). The van der Waals surface area contributed by atoms with Crippen LogP contribution < -0.4 is 0 Å². The number of aromatic amines is 3. The van der Waals surface area contributed by atoms with Gasteiger partial charge in [-0.05, 0) is 12.2 Å². The lowest BCUT2D eigenvalue weighted by molar-refractivity contribution is 0.881. The van der Waals surface area contributed by atoms with Gasteiger partial charge < -0.3 is 0 Å². The maximum absolute atomic E-state index is 4.48. The molecule has 0 bridgehead atoms. The zero-order valence-electron chi connectivity index (χ0n) is 5.35. The van der Waals surface area contributed by atoms with E-state index in [0.29, 0.717) is 4.77 Å². The summed E-state index contributed by atoms with van der Waals surface area (Å²) in [6.07, 6.45) is 3.17. The molecule has 0 fully saturated rings. The summed E-state index contributed by atoms with van der Waals surface area (Å²) >= 11 is 4.48. The number of hydrogen-bond donors (Lipinski definition) is 3. The van der Waals surface area contributed by atoms with Crippen molar-refractivity contribution in [2.75, 3.05) is 0 Å². The Balaban J connectivity index is 0.000000112. The number of nitrogens with one attached hydrogen (secondary N) is 3. The van der Waals surface area contributed by atoms with Gasteiger partial charge in [0.15, 0.2) is 0 Å². The fraction of sp³-hybridized carbons (Fsp3) is 0. The maximum Gasteiger partial charge on any atom is 0.235 e. The molecule has 0 saturated heterocycles. The molecule has 0 aliphatic carbocycles.